The summed E-state index contributed by atoms with van der Waals surface area (Å²) in [6, 6.07) is 0. The second-order valence-corrected chi connectivity index (χ2v) is 8.48. The third kappa shape index (κ3) is 3.40. The molecule has 0 radical (unpaired) electrons. The van der Waals surface area contributed by atoms with Crippen LogP contribution >= 0.6 is 0 Å². The highest BCUT2D eigenvalue weighted by atomic mass is 16.3. The Labute approximate surface area is 145 Å². The maximum absolute atomic E-state index is 11.5. The van der Waals surface area contributed by atoms with Crippen molar-refractivity contribution in [1.82, 2.24) is 0 Å². The number of hydrogen-bond donors (Lipinski definition) is 2. The first-order chi connectivity index (χ1) is 10.9. The predicted octanol–water partition coefficient (Wildman–Crippen LogP) is 3.08. The van der Waals surface area contributed by atoms with Gasteiger partial charge in [0, 0.05) is 10.8 Å². The molecule has 2 atom stereocenters. The summed E-state index contributed by atoms with van der Waals surface area (Å²) < 4.78 is 0. The van der Waals surface area contributed by atoms with Crippen LogP contribution in [0.4, 0.5) is 0 Å². The van der Waals surface area contributed by atoms with Crippen molar-refractivity contribution in [2.45, 2.75) is 54.4 Å². The van der Waals surface area contributed by atoms with E-state index in [2.05, 4.69) is 12.2 Å². The van der Waals surface area contributed by atoms with E-state index in [4.69, 9.17) is 10.2 Å². The quantitative estimate of drug-likeness (QED) is 0.774. The molecule has 0 aromatic carbocycles. The fraction of sp³-hybridized carbons (Fsp3) is 0.700. The van der Waals surface area contributed by atoms with Gasteiger partial charge >= 0.3 is 0 Å². The van der Waals surface area contributed by atoms with E-state index in [9.17, 15) is 9.59 Å². The third-order valence-corrected chi connectivity index (χ3v) is 6.48. The smallest absolute Gasteiger partial charge is 0.165 e. The molecule has 0 saturated heterocycles. The summed E-state index contributed by atoms with van der Waals surface area (Å²) in [4.78, 5) is 22.9. The van der Waals surface area contributed by atoms with Gasteiger partial charge in [-0.25, -0.2) is 0 Å². The highest BCUT2D eigenvalue weighted by molar-refractivity contribution is 5.87. The molecule has 136 valence electrons. The van der Waals surface area contributed by atoms with Gasteiger partial charge in [0.25, 0.3) is 0 Å². The fourth-order valence-electron chi connectivity index (χ4n) is 3.37. The van der Waals surface area contributed by atoms with Crippen LogP contribution in [-0.4, -0.2) is 35.0 Å². The molecule has 0 aromatic rings. The number of aliphatic hydroxyl groups is 2. The van der Waals surface area contributed by atoms with Crippen LogP contribution < -0.4 is 0 Å². The first-order valence-electron chi connectivity index (χ1n) is 8.52. The summed E-state index contributed by atoms with van der Waals surface area (Å²) in [5, 5.41) is 17.6. The zero-order valence-electron chi connectivity index (χ0n) is 15.8. The van der Waals surface area contributed by atoms with Crippen molar-refractivity contribution < 1.29 is 19.8 Å². The molecule has 24 heavy (non-hydrogen) atoms. The van der Waals surface area contributed by atoms with E-state index in [1.54, 1.807) is 0 Å². The van der Waals surface area contributed by atoms with Crippen LogP contribution in [0.2, 0.25) is 0 Å². The van der Waals surface area contributed by atoms with Gasteiger partial charge in [0.15, 0.2) is 11.6 Å². The number of allylic oxidation sites excluding steroid dienone is 4. The Bertz CT molecular complexity index is 506. The van der Waals surface area contributed by atoms with Crippen LogP contribution in [0, 0.1) is 21.7 Å². The lowest BCUT2D eigenvalue weighted by Crippen LogP contribution is -2.39. The second kappa shape index (κ2) is 6.93. The summed E-state index contributed by atoms with van der Waals surface area (Å²) in [5.74, 6) is -0.116. The predicted molar refractivity (Wildman–Crippen MR) is 95.5 cm³/mol. The van der Waals surface area contributed by atoms with Crippen molar-refractivity contribution >= 4 is 11.6 Å². The van der Waals surface area contributed by atoms with Crippen molar-refractivity contribution in [3.05, 3.63) is 24.3 Å². The Morgan fingerprint density at radius 2 is 1.04 bits per heavy atom. The summed E-state index contributed by atoms with van der Waals surface area (Å²) in [7, 11) is 0. The summed E-state index contributed by atoms with van der Waals surface area (Å²) >= 11 is 0. The molecule has 0 amide bonds. The molecule has 0 heterocycles. The molecule has 0 unspecified atom stereocenters. The molecule has 4 nitrogen and oxygen atoms in total. The Balaban J connectivity index is 0.000000240. The lowest BCUT2D eigenvalue weighted by atomic mass is 9.66. The van der Waals surface area contributed by atoms with E-state index in [-0.39, 0.29) is 35.6 Å². The van der Waals surface area contributed by atoms with Crippen molar-refractivity contribution in [2.24, 2.45) is 21.7 Å². The van der Waals surface area contributed by atoms with Gasteiger partial charge in [-0.1, -0.05) is 65.8 Å². The Kier molecular flexibility index (Phi) is 6.00. The SMILES string of the molecule is CC1(C)C=CC[C@@]1(C)C(=O)CO.CC1(C)C=CC[C@]1(C)C(=O)CO. The topological polar surface area (TPSA) is 74.6 Å². The van der Waals surface area contributed by atoms with Gasteiger partial charge < -0.3 is 10.2 Å². The van der Waals surface area contributed by atoms with E-state index in [0.717, 1.165) is 12.8 Å². The van der Waals surface area contributed by atoms with Crippen LogP contribution in [0.5, 0.6) is 0 Å². The number of ketones is 2. The molecule has 2 aliphatic carbocycles. The number of rotatable bonds is 4. The molecule has 0 saturated carbocycles. The molecule has 2 N–H and O–H groups in total. The third-order valence-electron chi connectivity index (χ3n) is 6.48. The van der Waals surface area contributed by atoms with Gasteiger partial charge in [0.1, 0.15) is 13.2 Å². The monoisotopic (exact) mass is 336 g/mol. The van der Waals surface area contributed by atoms with Gasteiger partial charge in [0.05, 0.1) is 0 Å². The van der Waals surface area contributed by atoms with Crippen LogP contribution in [0.3, 0.4) is 0 Å². The first kappa shape index (κ1) is 20.8. The summed E-state index contributed by atoms with van der Waals surface area (Å²) in [6.45, 7) is 11.3. The molecule has 0 aliphatic heterocycles. The molecule has 0 spiro atoms. The van der Waals surface area contributed by atoms with Crippen LogP contribution in [0.15, 0.2) is 24.3 Å². The van der Waals surface area contributed by atoms with Gasteiger partial charge in [-0.05, 0) is 23.7 Å². The number of hydrogen-bond acceptors (Lipinski definition) is 4. The van der Waals surface area contributed by atoms with E-state index >= 15 is 0 Å². The molecule has 0 fully saturated rings. The van der Waals surface area contributed by atoms with E-state index < -0.39 is 10.8 Å². The Morgan fingerprint density at radius 1 is 0.750 bits per heavy atom. The molecule has 2 rings (SSSR count). The van der Waals surface area contributed by atoms with E-state index in [1.807, 2.05) is 53.7 Å². The minimum Gasteiger partial charge on any atom is -0.389 e. The van der Waals surface area contributed by atoms with Crippen molar-refractivity contribution in [1.29, 1.82) is 0 Å². The minimum atomic E-state index is -0.401. The summed E-state index contributed by atoms with van der Waals surface area (Å²) in [6.07, 6.45) is 9.65. The summed E-state index contributed by atoms with van der Waals surface area (Å²) in [5.41, 5.74) is -1.04. The lowest BCUT2D eigenvalue weighted by Gasteiger charge is -2.36. The van der Waals surface area contributed by atoms with Gasteiger partial charge in [-0.2, -0.15) is 0 Å². The number of Topliss-reactive ketones (excluding diaryl/α,β-unsaturated/α-hetero) is 2. The standard InChI is InChI=1S/2C10H16O2/c2*1-9(2)5-4-6-10(9,3)8(12)7-11/h2*4-5,11H,6-7H2,1-3H3/t2*10-/m10/s1. The van der Waals surface area contributed by atoms with Crippen molar-refractivity contribution in [3.63, 3.8) is 0 Å². The first-order valence-corrected chi connectivity index (χ1v) is 8.52. The highest BCUT2D eigenvalue weighted by Crippen LogP contribution is 2.49. The van der Waals surface area contributed by atoms with Crippen molar-refractivity contribution in [3.8, 4) is 0 Å². The van der Waals surface area contributed by atoms with Gasteiger partial charge in [-0.3, -0.25) is 9.59 Å². The van der Waals surface area contributed by atoms with Crippen LogP contribution in [-0.2, 0) is 9.59 Å². The molecule has 2 aliphatic rings. The average Bonchev–Trinajstić information content (AvgIpc) is 2.95. The number of carbonyl (C=O) groups excluding carboxylic acids is 2. The molecular formula is C20H32O4. The largest absolute Gasteiger partial charge is 0.389 e. The number of aliphatic hydroxyl groups excluding tert-OH is 2. The Morgan fingerprint density at radius 3 is 1.21 bits per heavy atom. The maximum atomic E-state index is 11.5. The second-order valence-electron chi connectivity index (χ2n) is 8.48. The van der Waals surface area contributed by atoms with Gasteiger partial charge in [-0.15, -0.1) is 0 Å². The number of carbonyl (C=O) groups is 2. The Hall–Kier alpha value is -1.26. The lowest BCUT2D eigenvalue weighted by molar-refractivity contribution is -0.135. The van der Waals surface area contributed by atoms with E-state index in [0.29, 0.717) is 0 Å². The van der Waals surface area contributed by atoms with Crippen LogP contribution in [0.1, 0.15) is 54.4 Å². The van der Waals surface area contributed by atoms with E-state index in [1.165, 1.54) is 0 Å². The van der Waals surface area contributed by atoms with Gasteiger partial charge in [0.2, 0.25) is 0 Å². The average molecular weight is 336 g/mol. The van der Waals surface area contributed by atoms with Crippen molar-refractivity contribution in [2.75, 3.05) is 13.2 Å². The normalized spacial score (nSPS) is 32.3. The molecule has 0 bridgehead atoms. The highest BCUT2D eigenvalue weighted by Gasteiger charge is 2.47. The zero-order chi connectivity index (χ0) is 18.8. The fourth-order valence-corrected chi connectivity index (χ4v) is 3.37. The molecule has 4 heteroatoms. The minimum absolute atomic E-state index is 0.0579. The molecule has 0 aromatic heterocycles. The zero-order valence-corrected chi connectivity index (χ0v) is 15.8. The maximum Gasteiger partial charge on any atom is 0.165 e. The molecular weight excluding hydrogens is 304 g/mol. The van der Waals surface area contributed by atoms with Crippen LogP contribution in [0.25, 0.3) is 0 Å².